The Bertz CT molecular complexity index is 710. The number of rotatable bonds is 8. The fraction of sp³-hybridized carbons (Fsp3) is 0.278. The third-order valence-electron chi connectivity index (χ3n) is 3.10. The Hall–Kier alpha value is -2.39. The molecule has 24 heavy (non-hydrogen) atoms. The van der Waals surface area contributed by atoms with Gasteiger partial charge in [0.05, 0.1) is 29.8 Å². The Morgan fingerprint density at radius 1 is 1.00 bits per heavy atom. The lowest BCUT2D eigenvalue weighted by Gasteiger charge is -2.14. The van der Waals surface area contributed by atoms with E-state index >= 15 is 0 Å². The molecule has 0 atom stereocenters. The van der Waals surface area contributed by atoms with Crippen LogP contribution in [0.5, 0.6) is 23.0 Å². The summed E-state index contributed by atoms with van der Waals surface area (Å²) in [6.07, 6.45) is 0. The third-order valence-corrected chi connectivity index (χ3v) is 3.69. The number of nitrogens with zero attached hydrogens (tertiary/aromatic N) is 1. The van der Waals surface area contributed by atoms with Crippen molar-refractivity contribution in [2.45, 2.75) is 6.92 Å². The van der Waals surface area contributed by atoms with Crippen molar-refractivity contribution < 1.29 is 18.9 Å². The molecular weight excluding hydrogens is 374 g/mol. The van der Waals surface area contributed by atoms with E-state index in [1.807, 2.05) is 31.2 Å². The first-order chi connectivity index (χ1) is 11.7. The van der Waals surface area contributed by atoms with Gasteiger partial charge in [-0.15, -0.1) is 0 Å². The van der Waals surface area contributed by atoms with Gasteiger partial charge in [0.15, 0.2) is 11.5 Å². The summed E-state index contributed by atoms with van der Waals surface area (Å²) in [4.78, 5) is 0. The molecule has 6 heteroatoms. The first-order valence-electron chi connectivity index (χ1n) is 7.44. The van der Waals surface area contributed by atoms with Crippen LogP contribution in [0.3, 0.4) is 0 Å². The van der Waals surface area contributed by atoms with Crippen LogP contribution in [0.2, 0.25) is 0 Å². The maximum atomic E-state index is 9.03. The van der Waals surface area contributed by atoms with Gasteiger partial charge in [0.25, 0.3) is 0 Å². The van der Waals surface area contributed by atoms with Crippen LogP contribution < -0.4 is 18.9 Å². The summed E-state index contributed by atoms with van der Waals surface area (Å²) in [6, 6.07) is 12.8. The van der Waals surface area contributed by atoms with Crippen LogP contribution in [0.1, 0.15) is 12.5 Å². The van der Waals surface area contributed by atoms with Crippen LogP contribution in [0.15, 0.2) is 40.9 Å². The van der Waals surface area contributed by atoms with E-state index in [1.54, 1.807) is 19.2 Å². The highest BCUT2D eigenvalue weighted by Gasteiger charge is 2.12. The quantitative estimate of drug-likeness (QED) is 0.631. The van der Waals surface area contributed by atoms with E-state index in [4.69, 9.17) is 24.2 Å². The fourth-order valence-electron chi connectivity index (χ4n) is 2.01. The second kappa shape index (κ2) is 9.04. The van der Waals surface area contributed by atoms with Gasteiger partial charge in [0, 0.05) is 6.07 Å². The molecule has 0 fully saturated rings. The Kier molecular flexibility index (Phi) is 6.76. The number of benzene rings is 2. The van der Waals surface area contributed by atoms with E-state index in [0.717, 1.165) is 11.5 Å². The van der Waals surface area contributed by atoms with E-state index in [2.05, 4.69) is 22.0 Å². The van der Waals surface area contributed by atoms with Gasteiger partial charge in [0.1, 0.15) is 24.7 Å². The maximum Gasteiger partial charge on any atom is 0.175 e. The maximum absolute atomic E-state index is 9.03. The van der Waals surface area contributed by atoms with Gasteiger partial charge in [-0.3, -0.25) is 0 Å². The number of methoxy groups -OCH3 is 1. The molecule has 2 rings (SSSR count). The summed E-state index contributed by atoms with van der Waals surface area (Å²) >= 11 is 3.41. The molecule has 0 unspecified atom stereocenters. The average molecular weight is 392 g/mol. The molecule has 0 aromatic heterocycles. The second-order valence-corrected chi connectivity index (χ2v) is 5.56. The zero-order valence-electron chi connectivity index (χ0n) is 13.5. The molecule has 0 aliphatic rings. The Morgan fingerprint density at radius 2 is 1.67 bits per heavy atom. The van der Waals surface area contributed by atoms with E-state index in [0.29, 0.717) is 41.4 Å². The molecule has 0 heterocycles. The first-order valence-corrected chi connectivity index (χ1v) is 8.23. The van der Waals surface area contributed by atoms with Crippen LogP contribution in [-0.4, -0.2) is 26.9 Å². The van der Waals surface area contributed by atoms with Crippen LogP contribution in [0.4, 0.5) is 0 Å². The number of nitriles is 1. The van der Waals surface area contributed by atoms with E-state index in [1.165, 1.54) is 0 Å². The van der Waals surface area contributed by atoms with Crippen molar-refractivity contribution in [3.05, 3.63) is 46.4 Å². The molecule has 2 aromatic rings. The minimum atomic E-state index is 0.344. The molecule has 0 spiro atoms. The van der Waals surface area contributed by atoms with Gasteiger partial charge in [0.2, 0.25) is 0 Å². The standard InChI is InChI=1S/C18H18BrNO4/c1-3-22-17-11-13(12-20)10-16(19)18(17)24-9-8-23-15-6-4-14(21-2)5-7-15/h4-7,10-11H,3,8-9H2,1-2H3. The van der Waals surface area contributed by atoms with Gasteiger partial charge in [-0.25, -0.2) is 0 Å². The summed E-state index contributed by atoms with van der Waals surface area (Å²) in [7, 11) is 1.62. The second-order valence-electron chi connectivity index (χ2n) is 4.70. The molecule has 0 amide bonds. The SMILES string of the molecule is CCOc1cc(C#N)cc(Br)c1OCCOc1ccc(OC)cc1. The van der Waals surface area contributed by atoms with Crippen molar-refractivity contribution in [3.63, 3.8) is 0 Å². The zero-order valence-corrected chi connectivity index (χ0v) is 15.1. The molecule has 2 aromatic carbocycles. The predicted octanol–water partition coefficient (Wildman–Crippen LogP) is 4.19. The molecule has 0 aliphatic heterocycles. The van der Waals surface area contributed by atoms with Crippen molar-refractivity contribution in [3.8, 4) is 29.1 Å². The van der Waals surface area contributed by atoms with E-state index < -0.39 is 0 Å². The minimum absolute atomic E-state index is 0.344. The van der Waals surface area contributed by atoms with Crippen molar-refractivity contribution in [2.24, 2.45) is 0 Å². The lowest BCUT2D eigenvalue weighted by atomic mass is 10.2. The van der Waals surface area contributed by atoms with E-state index in [9.17, 15) is 0 Å². The van der Waals surface area contributed by atoms with Crippen molar-refractivity contribution >= 4 is 15.9 Å². The lowest BCUT2D eigenvalue weighted by molar-refractivity contribution is 0.207. The number of halogens is 1. The highest BCUT2D eigenvalue weighted by atomic mass is 79.9. The van der Waals surface area contributed by atoms with Gasteiger partial charge >= 0.3 is 0 Å². The Labute approximate surface area is 149 Å². The third kappa shape index (κ3) is 4.80. The zero-order chi connectivity index (χ0) is 17.4. The molecule has 0 aliphatic carbocycles. The topological polar surface area (TPSA) is 60.7 Å². The van der Waals surface area contributed by atoms with Gasteiger partial charge in [-0.2, -0.15) is 5.26 Å². The summed E-state index contributed by atoms with van der Waals surface area (Å²) in [5.41, 5.74) is 0.507. The van der Waals surface area contributed by atoms with Gasteiger partial charge in [-0.1, -0.05) is 0 Å². The van der Waals surface area contributed by atoms with Gasteiger partial charge < -0.3 is 18.9 Å². The van der Waals surface area contributed by atoms with Crippen LogP contribution in [0.25, 0.3) is 0 Å². The van der Waals surface area contributed by atoms with Crippen LogP contribution in [0, 0.1) is 11.3 Å². The molecule has 0 saturated carbocycles. The molecule has 0 bridgehead atoms. The molecule has 5 nitrogen and oxygen atoms in total. The summed E-state index contributed by atoms with van der Waals surface area (Å²) in [6.45, 7) is 3.09. The van der Waals surface area contributed by atoms with Gasteiger partial charge in [-0.05, 0) is 53.2 Å². The summed E-state index contributed by atoms with van der Waals surface area (Å²) < 4.78 is 22.7. The molecule has 0 radical (unpaired) electrons. The number of ether oxygens (including phenoxy) is 4. The average Bonchev–Trinajstić information content (AvgIpc) is 2.60. The normalized spacial score (nSPS) is 9.92. The summed E-state index contributed by atoms with van der Waals surface area (Å²) in [5, 5.41) is 9.03. The van der Waals surface area contributed by atoms with Crippen LogP contribution in [-0.2, 0) is 0 Å². The Morgan fingerprint density at radius 3 is 2.29 bits per heavy atom. The van der Waals surface area contributed by atoms with Crippen molar-refractivity contribution in [1.29, 1.82) is 5.26 Å². The monoisotopic (exact) mass is 391 g/mol. The Balaban J connectivity index is 1.94. The fourth-order valence-corrected chi connectivity index (χ4v) is 2.57. The minimum Gasteiger partial charge on any atom is -0.497 e. The largest absolute Gasteiger partial charge is 0.497 e. The highest BCUT2D eigenvalue weighted by Crippen LogP contribution is 2.36. The lowest BCUT2D eigenvalue weighted by Crippen LogP contribution is -2.10. The van der Waals surface area contributed by atoms with Crippen LogP contribution >= 0.6 is 15.9 Å². The highest BCUT2D eigenvalue weighted by molar-refractivity contribution is 9.10. The first kappa shape index (κ1) is 18.0. The molecule has 0 N–H and O–H groups in total. The molecular formula is C18H18BrNO4. The molecule has 0 saturated heterocycles. The summed E-state index contributed by atoms with van der Waals surface area (Å²) in [5.74, 6) is 2.62. The number of hydrogen-bond donors (Lipinski definition) is 0. The number of hydrogen-bond acceptors (Lipinski definition) is 5. The molecule has 126 valence electrons. The predicted molar refractivity (Wildman–Crippen MR) is 94.0 cm³/mol. The van der Waals surface area contributed by atoms with Crippen molar-refractivity contribution in [1.82, 2.24) is 0 Å². The van der Waals surface area contributed by atoms with E-state index in [-0.39, 0.29) is 0 Å². The van der Waals surface area contributed by atoms with Crippen molar-refractivity contribution in [2.75, 3.05) is 26.9 Å². The smallest absolute Gasteiger partial charge is 0.175 e.